The maximum absolute atomic E-state index is 13.5. The van der Waals surface area contributed by atoms with Crippen LogP contribution < -0.4 is 14.8 Å². The molecule has 2 amide bonds. The van der Waals surface area contributed by atoms with Gasteiger partial charge < -0.3 is 5.32 Å². The van der Waals surface area contributed by atoms with Crippen molar-refractivity contribution in [2.75, 3.05) is 10.2 Å². The number of anilines is 2. The molecule has 0 fully saturated rings. The molecule has 1 aliphatic rings. The van der Waals surface area contributed by atoms with Gasteiger partial charge in [0.15, 0.2) is 6.20 Å². The number of pyridine rings is 1. The van der Waals surface area contributed by atoms with Gasteiger partial charge in [0, 0.05) is 28.5 Å². The number of fused-ring (bicyclic) bond motifs is 1. The fraction of sp³-hybridized carbons (Fsp3) is 0.174. The molecule has 6 heteroatoms. The predicted molar refractivity (Wildman–Crippen MR) is 113 cm³/mol. The van der Waals surface area contributed by atoms with Crippen LogP contribution >= 0.6 is 11.6 Å². The van der Waals surface area contributed by atoms with Crippen LogP contribution in [0.1, 0.15) is 22.9 Å². The Morgan fingerprint density at radius 3 is 2.41 bits per heavy atom. The molecule has 0 radical (unpaired) electrons. The number of benzene rings is 2. The number of nitrogens with one attached hydrogen (secondary N) is 1. The molecule has 0 bridgehead atoms. The summed E-state index contributed by atoms with van der Waals surface area (Å²) in [6.45, 7) is 4.08. The fourth-order valence-electron chi connectivity index (χ4n) is 3.73. The third kappa shape index (κ3) is 3.61. The van der Waals surface area contributed by atoms with Crippen molar-refractivity contribution in [3.05, 3.63) is 88.7 Å². The first-order valence-electron chi connectivity index (χ1n) is 9.39. The second-order valence-corrected chi connectivity index (χ2v) is 7.59. The SMILES string of the molecule is Cc1cccc(C)c1NC(=O)C1c2cccc[n+]2CC(=O)N1c1ccc(Cl)cc1. The third-order valence-electron chi connectivity index (χ3n) is 5.17. The molecule has 0 spiro atoms. The van der Waals surface area contributed by atoms with E-state index in [9.17, 15) is 9.59 Å². The van der Waals surface area contributed by atoms with Gasteiger partial charge in [0.05, 0.1) is 0 Å². The van der Waals surface area contributed by atoms with Gasteiger partial charge in [-0.3, -0.25) is 14.5 Å². The van der Waals surface area contributed by atoms with Crippen LogP contribution in [0.15, 0.2) is 66.9 Å². The molecule has 3 aromatic rings. The van der Waals surface area contributed by atoms with Gasteiger partial charge in [-0.1, -0.05) is 35.9 Å². The van der Waals surface area contributed by atoms with Crippen LogP contribution in [-0.4, -0.2) is 11.8 Å². The number of rotatable bonds is 3. The number of carbonyl (C=O) groups is 2. The van der Waals surface area contributed by atoms with Crippen molar-refractivity contribution in [3.8, 4) is 0 Å². The molecule has 146 valence electrons. The maximum atomic E-state index is 13.5. The highest BCUT2D eigenvalue weighted by Crippen LogP contribution is 2.31. The van der Waals surface area contributed by atoms with Crippen LogP contribution in [0, 0.1) is 13.8 Å². The Morgan fingerprint density at radius 2 is 1.72 bits per heavy atom. The van der Waals surface area contributed by atoms with Crippen LogP contribution in [0.2, 0.25) is 5.02 Å². The Bertz CT molecular complexity index is 1080. The second-order valence-electron chi connectivity index (χ2n) is 7.15. The average Bonchev–Trinajstić information content (AvgIpc) is 2.70. The molecule has 29 heavy (non-hydrogen) atoms. The lowest BCUT2D eigenvalue weighted by Crippen LogP contribution is -2.58. The molecular formula is C23H21ClN3O2+. The molecule has 0 saturated heterocycles. The van der Waals surface area contributed by atoms with Crippen LogP contribution in [0.25, 0.3) is 0 Å². The maximum Gasteiger partial charge on any atom is 0.294 e. The number of aromatic nitrogens is 1. The van der Waals surface area contributed by atoms with Crippen LogP contribution in [0.5, 0.6) is 0 Å². The number of hydrogen-bond acceptors (Lipinski definition) is 2. The first kappa shape index (κ1) is 19.2. The molecule has 1 aliphatic heterocycles. The molecule has 4 rings (SSSR count). The lowest BCUT2D eigenvalue weighted by Gasteiger charge is -2.32. The summed E-state index contributed by atoms with van der Waals surface area (Å²) in [5, 5.41) is 3.62. The third-order valence-corrected chi connectivity index (χ3v) is 5.42. The Morgan fingerprint density at radius 1 is 1.03 bits per heavy atom. The van der Waals surface area contributed by atoms with Gasteiger partial charge in [-0.2, -0.15) is 4.57 Å². The number of nitrogens with zero attached hydrogens (tertiary/aromatic N) is 2. The van der Waals surface area contributed by atoms with E-state index in [1.165, 1.54) is 0 Å². The first-order valence-corrected chi connectivity index (χ1v) is 9.76. The standard InChI is InChI=1S/C23H20ClN3O2/c1-15-6-5-7-16(2)21(15)25-23(29)22-19-8-3-4-13-26(19)14-20(28)27(22)18-11-9-17(24)10-12-18/h3-13,22H,14H2,1-2H3/p+1. The van der Waals surface area contributed by atoms with E-state index < -0.39 is 6.04 Å². The highest BCUT2D eigenvalue weighted by molar-refractivity contribution is 6.30. The van der Waals surface area contributed by atoms with Gasteiger partial charge in [0.2, 0.25) is 18.3 Å². The number of halogens is 1. The van der Waals surface area contributed by atoms with Gasteiger partial charge in [-0.15, -0.1) is 0 Å². The van der Waals surface area contributed by atoms with Crippen LogP contribution in [0.4, 0.5) is 11.4 Å². The lowest BCUT2D eigenvalue weighted by atomic mass is 10.0. The summed E-state index contributed by atoms with van der Waals surface area (Å²) in [6, 6.07) is 17.6. The van der Waals surface area contributed by atoms with E-state index in [-0.39, 0.29) is 18.4 Å². The van der Waals surface area contributed by atoms with E-state index in [0.29, 0.717) is 10.7 Å². The summed E-state index contributed by atoms with van der Waals surface area (Å²) in [5.74, 6) is -0.414. The Labute approximate surface area is 174 Å². The zero-order chi connectivity index (χ0) is 20.5. The number of amides is 2. The molecule has 0 aliphatic carbocycles. The highest BCUT2D eigenvalue weighted by atomic mass is 35.5. The minimum Gasteiger partial charge on any atom is -0.323 e. The van der Waals surface area contributed by atoms with Gasteiger partial charge in [-0.25, -0.2) is 0 Å². The summed E-state index contributed by atoms with van der Waals surface area (Å²) in [6.07, 6.45) is 1.83. The molecule has 5 nitrogen and oxygen atoms in total. The van der Waals surface area contributed by atoms with Crippen LogP contribution in [0.3, 0.4) is 0 Å². The fourth-order valence-corrected chi connectivity index (χ4v) is 3.86. The Balaban J connectivity index is 1.80. The van der Waals surface area contributed by atoms with Crippen LogP contribution in [-0.2, 0) is 16.1 Å². The van der Waals surface area contributed by atoms with Gasteiger partial charge in [-0.05, 0) is 49.2 Å². The predicted octanol–water partition coefficient (Wildman–Crippen LogP) is 3.97. The van der Waals surface area contributed by atoms with Crippen molar-refractivity contribution in [2.24, 2.45) is 0 Å². The van der Waals surface area contributed by atoms with Crippen molar-refractivity contribution in [1.29, 1.82) is 0 Å². The van der Waals surface area contributed by atoms with E-state index in [2.05, 4.69) is 5.32 Å². The smallest absolute Gasteiger partial charge is 0.294 e. The first-order chi connectivity index (χ1) is 14.0. The molecule has 1 aromatic heterocycles. The van der Waals surface area contributed by atoms with Crippen molar-refractivity contribution >= 4 is 34.8 Å². The molecule has 2 heterocycles. The van der Waals surface area contributed by atoms with Crippen molar-refractivity contribution in [3.63, 3.8) is 0 Å². The Hall–Kier alpha value is -3.18. The number of hydrogen-bond donors (Lipinski definition) is 1. The second kappa shape index (κ2) is 7.68. The molecular weight excluding hydrogens is 386 g/mol. The summed E-state index contributed by atoms with van der Waals surface area (Å²) >= 11 is 6.02. The van der Waals surface area contributed by atoms with E-state index in [0.717, 1.165) is 22.5 Å². The zero-order valence-corrected chi connectivity index (χ0v) is 17.0. The van der Waals surface area contributed by atoms with Gasteiger partial charge >= 0.3 is 0 Å². The molecule has 1 atom stereocenters. The molecule has 1 unspecified atom stereocenters. The summed E-state index contributed by atoms with van der Waals surface area (Å²) in [4.78, 5) is 28.1. The normalized spacial score (nSPS) is 15.8. The minimum atomic E-state index is -0.794. The van der Waals surface area contributed by atoms with E-state index >= 15 is 0 Å². The zero-order valence-electron chi connectivity index (χ0n) is 16.2. The largest absolute Gasteiger partial charge is 0.323 e. The lowest BCUT2D eigenvalue weighted by molar-refractivity contribution is -0.695. The minimum absolute atomic E-state index is 0.155. The van der Waals surface area contributed by atoms with Gasteiger partial charge in [0.25, 0.3) is 11.8 Å². The quantitative estimate of drug-likeness (QED) is 0.669. The number of para-hydroxylation sites is 1. The van der Waals surface area contributed by atoms with E-state index in [1.807, 2.05) is 61.0 Å². The highest BCUT2D eigenvalue weighted by Gasteiger charge is 2.43. The molecule has 0 saturated carbocycles. The van der Waals surface area contributed by atoms with E-state index in [4.69, 9.17) is 11.6 Å². The van der Waals surface area contributed by atoms with Crippen molar-refractivity contribution < 1.29 is 14.2 Å². The summed E-state index contributed by atoms with van der Waals surface area (Å²) in [5.41, 5.74) is 4.11. The molecule has 1 N–H and O–H groups in total. The number of carbonyl (C=O) groups excluding carboxylic acids is 2. The molecule has 2 aromatic carbocycles. The topological polar surface area (TPSA) is 53.3 Å². The average molecular weight is 407 g/mol. The summed E-state index contributed by atoms with van der Waals surface area (Å²) < 4.78 is 1.82. The monoisotopic (exact) mass is 406 g/mol. The van der Waals surface area contributed by atoms with Crippen molar-refractivity contribution in [2.45, 2.75) is 26.4 Å². The van der Waals surface area contributed by atoms with Gasteiger partial charge in [0.1, 0.15) is 0 Å². The number of aryl methyl sites for hydroxylation is 2. The van der Waals surface area contributed by atoms with Crippen molar-refractivity contribution in [1.82, 2.24) is 0 Å². The van der Waals surface area contributed by atoms with E-state index in [1.54, 1.807) is 29.2 Å². The summed E-state index contributed by atoms with van der Waals surface area (Å²) in [7, 11) is 0. The Kier molecular flexibility index (Phi) is 5.07.